The SMILES string of the molecule is CCN(CC)S(=O)(=O)c1ccc2[nH]c(=O)cc(C(=O)NCCc3cccc(F)c3)c2c1. The number of hydrogen-bond donors (Lipinski definition) is 2. The second-order valence-corrected chi connectivity index (χ2v) is 8.92. The van der Waals surface area contributed by atoms with E-state index in [1.807, 2.05) is 0 Å². The molecular weight excluding hydrogens is 421 g/mol. The molecule has 2 aromatic carbocycles. The van der Waals surface area contributed by atoms with Crippen molar-refractivity contribution in [2.24, 2.45) is 0 Å². The largest absolute Gasteiger partial charge is 0.352 e. The van der Waals surface area contributed by atoms with Crippen LogP contribution in [0.4, 0.5) is 4.39 Å². The molecular formula is C22H24FN3O4S. The third-order valence-corrected chi connectivity index (χ3v) is 7.04. The summed E-state index contributed by atoms with van der Waals surface area (Å²) in [5.74, 6) is -0.865. The Kier molecular flexibility index (Phi) is 6.87. The molecule has 164 valence electrons. The minimum Gasteiger partial charge on any atom is -0.352 e. The number of rotatable bonds is 8. The first-order valence-corrected chi connectivity index (χ1v) is 11.4. The molecule has 0 radical (unpaired) electrons. The van der Waals surface area contributed by atoms with Gasteiger partial charge in [0.2, 0.25) is 15.6 Å². The van der Waals surface area contributed by atoms with E-state index in [2.05, 4.69) is 10.3 Å². The molecule has 1 amide bonds. The summed E-state index contributed by atoms with van der Waals surface area (Å²) in [5.41, 5.74) is 0.696. The van der Waals surface area contributed by atoms with E-state index < -0.39 is 21.5 Å². The summed E-state index contributed by atoms with van der Waals surface area (Å²) in [5, 5.41) is 3.05. The molecule has 0 spiro atoms. The van der Waals surface area contributed by atoms with E-state index in [0.717, 1.165) is 11.6 Å². The van der Waals surface area contributed by atoms with Gasteiger partial charge in [0.05, 0.1) is 10.5 Å². The van der Waals surface area contributed by atoms with E-state index in [1.54, 1.807) is 26.0 Å². The van der Waals surface area contributed by atoms with Crippen molar-refractivity contribution in [1.29, 1.82) is 0 Å². The highest BCUT2D eigenvalue weighted by molar-refractivity contribution is 7.89. The maximum atomic E-state index is 13.3. The van der Waals surface area contributed by atoms with Crippen LogP contribution in [0.1, 0.15) is 29.8 Å². The van der Waals surface area contributed by atoms with Gasteiger partial charge in [0, 0.05) is 36.6 Å². The molecule has 0 aliphatic rings. The Balaban J connectivity index is 1.91. The van der Waals surface area contributed by atoms with Gasteiger partial charge in [-0.15, -0.1) is 0 Å². The molecule has 7 nitrogen and oxygen atoms in total. The number of fused-ring (bicyclic) bond motifs is 1. The van der Waals surface area contributed by atoms with Crippen LogP contribution < -0.4 is 10.9 Å². The lowest BCUT2D eigenvalue weighted by atomic mass is 10.1. The Hall–Kier alpha value is -3.04. The maximum absolute atomic E-state index is 13.3. The Morgan fingerprint density at radius 3 is 2.52 bits per heavy atom. The van der Waals surface area contributed by atoms with Crippen LogP contribution in [0.25, 0.3) is 10.9 Å². The number of halogens is 1. The molecule has 0 aliphatic heterocycles. The predicted molar refractivity (Wildman–Crippen MR) is 117 cm³/mol. The highest BCUT2D eigenvalue weighted by Gasteiger charge is 2.23. The van der Waals surface area contributed by atoms with Crippen LogP contribution in [0, 0.1) is 5.82 Å². The monoisotopic (exact) mass is 445 g/mol. The molecule has 9 heteroatoms. The number of nitrogens with zero attached hydrogens (tertiary/aromatic N) is 1. The smallest absolute Gasteiger partial charge is 0.252 e. The van der Waals surface area contributed by atoms with Gasteiger partial charge in [0.15, 0.2) is 0 Å². The van der Waals surface area contributed by atoms with Gasteiger partial charge in [-0.05, 0) is 42.3 Å². The minimum atomic E-state index is -3.73. The van der Waals surface area contributed by atoms with E-state index in [1.165, 1.54) is 34.6 Å². The van der Waals surface area contributed by atoms with E-state index in [9.17, 15) is 22.4 Å². The number of aromatic amines is 1. The van der Waals surface area contributed by atoms with Gasteiger partial charge < -0.3 is 10.3 Å². The van der Waals surface area contributed by atoms with Crippen LogP contribution >= 0.6 is 0 Å². The lowest BCUT2D eigenvalue weighted by Gasteiger charge is -2.19. The third kappa shape index (κ3) is 5.00. The van der Waals surface area contributed by atoms with Crippen molar-refractivity contribution in [1.82, 2.24) is 14.6 Å². The number of pyridine rings is 1. The van der Waals surface area contributed by atoms with Crippen molar-refractivity contribution >= 4 is 26.8 Å². The van der Waals surface area contributed by atoms with Crippen molar-refractivity contribution < 1.29 is 17.6 Å². The summed E-state index contributed by atoms with van der Waals surface area (Å²) in [6.07, 6.45) is 0.409. The summed E-state index contributed by atoms with van der Waals surface area (Å²) in [7, 11) is -3.73. The number of amides is 1. The molecule has 3 rings (SSSR count). The van der Waals surface area contributed by atoms with E-state index >= 15 is 0 Å². The van der Waals surface area contributed by atoms with Crippen LogP contribution in [-0.4, -0.2) is 43.2 Å². The Morgan fingerprint density at radius 1 is 1.10 bits per heavy atom. The van der Waals surface area contributed by atoms with Gasteiger partial charge >= 0.3 is 0 Å². The van der Waals surface area contributed by atoms with Crippen LogP contribution in [0.2, 0.25) is 0 Å². The fraction of sp³-hybridized carbons (Fsp3) is 0.273. The number of carbonyl (C=O) groups excluding carboxylic acids is 1. The lowest BCUT2D eigenvalue weighted by molar-refractivity contribution is 0.0955. The van der Waals surface area contributed by atoms with Crippen molar-refractivity contribution in [2.45, 2.75) is 25.2 Å². The summed E-state index contributed by atoms with van der Waals surface area (Å²) in [6.45, 7) is 4.36. The second kappa shape index (κ2) is 9.40. The topological polar surface area (TPSA) is 99.3 Å². The van der Waals surface area contributed by atoms with Gasteiger partial charge in [-0.2, -0.15) is 4.31 Å². The molecule has 3 aromatic rings. The maximum Gasteiger partial charge on any atom is 0.252 e. The quantitative estimate of drug-likeness (QED) is 0.557. The number of sulfonamides is 1. The number of benzene rings is 2. The lowest BCUT2D eigenvalue weighted by Crippen LogP contribution is -2.30. The number of nitrogens with one attached hydrogen (secondary N) is 2. The number of H-pyrrole nitrogens is 1. The summed E-state index contributed by atoms with van der Waals surface area (Å²) in [6, 6.07) is 11.5. The number of aromatic nitrogens is 1. The normalized spacial score (nSPS) is 11.7. The fourth-order valence-corrected chi connectivity index (χ4v) is 4.89. The molecule has 0 fully saturated rings. The van der Waals surface area contributed by atoms with Crippen molar-refractivity contribution in [3.63, 3.8) is 0 Å². The molecule has 1 heterocycles. The zero-order valence-electron chi connectivity index (χ0n) is 17.3. The van der Waals surface area contributed by atoms with Gasteiger partial charge in [-0.1, -0.05) is 26.0 Å². The molecule has 2 N–H and O–H groups in total. The number of hydrogen-bond acceptors (Lipinski definition) is 4. The Labute approximate surface area is 180 Å². The van der Waals surface area contributed by atoms with Crippen LogP contribution in [0.3, 0.4) is 0 Å². The minimum absolute atomic E-state index is 0.0459. The van der Waals surface area contributed by atoms with E-state index in [-0.39, 0.29) is 22.8 Å². The van der Waals surface area contributed by atoms with Crippen molar-refractivity contribution in [3.8, 4) is 0 Å². The van der Waals surface area contributed by atoms with Gasteiger partial charge in [0.1, 0.15) is 5.82 Å². The molecule has 0 saturated carbocycles. The van der Waals surface area contributed by atoms with Crippen molar-refractivity contribution in [3.05, 3.63) is 75.8 Å². The summed E-state index contributed by atoms with van der Waals surface area (Å²) >= 11 is 0. The average molecular weight is 446 g/mol. The summed E-state index contributed by atoms with van der Waals surface area (Å²) in [4.78, 5) is 27.5. The second-order valence-electron chi connectivity index (χ2n) is 6.98. The molecule has 31 heavy (non-hydrogen) atoms. The third-order valence-electron chi connectivity index (χ3n) is 4.99. The van der Waals surface area contributed by atoms with E-state index in [0.29, 0.717) is 30.4 Å². The molecule has 0 bridgehead atoms. The zero-order valence-corrected chi connectivity index (χ0v) is 18.1. The first-order chi connectivity index (χ1) is 14.8. The highest BCUT2D eigenvalue weighted by atomic mass is 32.2. The highest BCUT2D eigenvalue weighted by Crippen LogP contribution is 2.23. The molecule has 1 aromatic heterocycles. The Morgan fingerprint density at radius 2 is 1.84 bits per heavy atom. The van der Waals surface area contributed by atoms with Gasteiger partial charge in [-0.25, -0.2) is 12.8 Å². The predicted octanol–water partition coefficient (Wildman–Crippen LogP) is 2.67. The van der Waals surface area contributed by atoms with Gasteiger partial charge in [-0.3, -0.25) is 9.59 Å². The van der Waals surface area contributed by atoms with Crippen molar-refractivity contribution in [2.75, 3.05) is 19.6 Å². The zero-order chi connectivity index (χ0) is 22.6. The molecule has 0 atom stereocenters. The number of carbonyl (C=O) groups is 1. The average Bonchev–Trinajstić information content (AvgIpc) is 2.73. The molecule has 0 unspecified atom stereocenters. The molecule has 0 saturated heterocycles. The van der Waals surface area contributed by atoms with Crippen LogP contribution in [0.5, 0.6) is 0 Å². The van der Waals surface area contributed by atoms with Crippen LogP contribution in [0.15, 0.2) is 58.2 Å². The Bertz CT molecular complexity index is 1270. The van der Waals surface area contributed by atoms with Gasteiger partial charge in [0.25, 0.3) is 5.91 Å². The van der Waals surface area contributed by atoms with Crippen LogP contribution in [-0.2, 0) is 16.4 Å². The summed E-state index contributed by atoms with van der Waals surface area (Å²) < 4.78 is 40.4. The standard InChI is InChI=1S/C22H24FN3O4S/c1-3-26(4-2)31(29,30)17-8-9-20-18(13-17)19(14-21(27)25-20)22(28)24-11-10-15-6-5-7-16(23)12-15/h5-9,12-14H,3-4,10-11H2,1-2H3,(H,24,28)(H,25,27). The fourth-order valence-electron chi connectivity index (χ4n) is 3.40. The first kappa shape index (κ1) is 22.6. The molecule has 0 aliphatic carbocycles. The first-order valence-electron chi connectivity index (χ1n) is 9.96. The van der Waals surface area contributed by atoms with E-state index in [4.69, 9.17) is 0 Å².